The van der Waals surface area contributed by atoms with E-state index in [1.54, 1.807) is 0 Å². The van der Waals surface area contributed by atoms with Crippen molar-refractivity contribution in [2.24, 2.45) is 0 Å². The number of imide groups is 1. The summed E-state index contributed by atoms with van der Waals surface area (Å²) in [4.78, 5) is 48.3. The molecule has 2 amide bonds. The van der Waals surface area contributed by atoms with Gasteiger partial charge in [-0.1, -0.05) is 11.8 Å². The van der Waals surface area contributed by atoms with Gasteiger partial charge >= 0.3 is 11.9 Å². The van der Waals surface area contributed by atoms with Gasteiger partial charge in [0.1, 0.15) is 0 Å². The quantitative estimate of drug-likeness (QED) is 0.654. The fraction of sp³-hybridized carbons (Fsp3) is 0.0588. The second kappa shape index (κ2) is 5.75. The first-order valence-electron chi connectivity index (χ1n) is 7.00. The van der Waals surface area contributed by atoms with Crippen LogP contribution < -0.4 is 10.0 Å². The van der Waals surface area contributed by atoms with Crippen LogP contribution in [0.3, 0.4) is 0 Å². The molecule has 0 fully saturated rings. The topological polar surface area (TPSA) is 124 Å². The third-order valence-corrected chi connectivity index (χ3v) is 3.75. The van der Waals surface area contributed by atoms with Crippen molar-refractivity contribution in [3.8, 4) is 5.75 Å². The zero-order valence-corrected chi connectivity index (χ0v) is 12.8. The molecule has 1 aliphatic heterocycles. The van der Waals surface area contributed by atoms with Crippen molar-refractivity contribution in [1.82, 2.24) is 0 Å². The minimum absolute atomic E-state index is 0.000110. The average molecular weight is 340 g/mol. The molecule has 3 rings (SSSR count). The van der Waals surface area contributed by atoms with E-state index in [2.05, 4.69) is 4.74 Å². The van der Waals surface area contributed by atoms with Crippen LogP contribution in [-0.2, 0) is 4.74 Å². The van der Waals surface area contributed by atoms with E-state index in [0.29, 0.717) is 4.90 Å². The minimum Gasteiger partial charge on any atom is -0.871 e. The molecule has 0 unspecified atom stereocenters. The van der Waals surface area contributed by atoms with E-state index in [1.807, 2.05) is 0 Å². The monoisotopic (exact) mass is 340 g/mol. The molecule has 0 atom stereocenters. The van der Waals surface area contributed by atoms with Gasteiger partial charge in [0.25, 0.3) is 11.8 Å². The molecule has 8 heteroatoms. The van der Waals surface area contributed by atoms with Crippen LogP contribution in [0.15, 0.2) is 36.4 Å². The lowest BCUT2D eigenvalue weighted by Crippen LogP contribution is -2.30. The van der Waals surface area contributed by atoms with Crippen LogP contribution in [0.25, 0.3) is 0 Å². The molecule has 2 aromatic rings. The van der Waals surface area contributed by atoms with E-state index in [9.17, 15) is 24.3 Å². The van der Waals surface area contributed by atoms with Gasteiger partial charge in [0.2, 0.25) is 0 Å². The summed E-state index contributed by atoms with van der Waals surface area (Å²) >= 11 is 0. The maximum Gasteiger partial charge on any atom is 0.337 e. The number of amides is 2. The summed E-state index contributed by atoms with van der Waals surface area (Å²) in [6, 6.07) is 6.85. The molecule has 2 aromatic carbocycles. The van der Waals surface area contributed by atoms with Crippen LogP contribution in [0.2, 0.25) is 0 Å². The Morgan fingerprint density at radius 2 is 1.64 bits per heavy atom. The number of nitrogens with zero attached hydrogens (tertiary/aromatic N) is 1. The van der Waals surface area contributed by atoms with Crippen molar-refractivity contribution in [2.45, 2.75) is 0 Å². The van der Waals surface area contributed by atoms with Crippen LogP contribution in [0.4, 0.5) is 5.69 Å². The van der Waals surface area contributed by atoms with E-state index in [0.717, 1.165) is 25.3 Å². The highest BCUT2D eigenvalue weighted by molar-refractivity contribution is 6.35. The standard InChI is InChI=1S/C17H11NO7/c1-25-17(24)9-3-5-13(19)12(7-9)18-14(20)10-4-2-8(16(22)23)6-11(10)15(18)21/h2-7,19H,1H3,(H,22,23)/p-1. The molecule has 1 heterocycles. The summed E-state index contributed by atoms with van der Waals surface area (Å²) in [7, 11) is 1.16. The number of methoxy groups -OCH3 is 1. The minimum atomic E-state index is -1.25. The highest BCUT2D eigenvalue weighted by atomic mass is 16.5. The number of fused-ring (bicyclic) bond motifs is 1. The molecule has 0 spiro atoms. The molecule has 0 aromatic heterocycles. The third kappa shape index (κ3) is 2.49. The van der Waals surface area contributed by atoms with Gasteiger partial charge in [-0.25, -0.2) is 14.5 Å². The van der Waals surface area contributed by atoms with Crippen molar-refractivity contribution in [1.29, 1.82) is 0 Å². The fourth-order valence-electron chi connectivity index (χ4n) is 2.53. The Balaban J connectivity index is 2.11. The number of ether oxygens (including phenoxy) is 1. The predicted molar refractivity (Wildman–Crippen MR) is 81.8 cm³/mol. The summed E-state index contributed by atoms with van der Waals surface area (Å²) in [5.41, 5.74) is -0.594. The Labute approximate surface area is 140 Å². The van der Waals surface area contributed by atoms with Crippen molar-refractivity contribution in [3.05, 3.63) is 58.7 Å². The van der Waals surface area contributed by atoms with Gasteiger partial charge in [-0.05, 0) is 30.3 Å². The molecule has 0 saturated heterocycles. The van der Waals surface area contributed by atoms with Crippen LogP contribution in [0.5, 0.6) is 5.75 Å². The van der Waals surface area contributed by atoms with E-state index in [4.69, 9.17) is 5.11 Å². The van der Waals surface area contributed by atoms with Crippen molar-refractivity contribution < 1.29 is 34.1 Å². The lowest BCUT2D eigenvalue weighted by Gasteiger charge is -2.21. The molecule has 8 nitrogen and oxygen atoms in total. The number of carbonyl (C=O) groups excluding carboxylic acids is 3. The molecular formula is C17H10NO7-. The van der Waals surface area contributed by atoms with Gasteiger partial charge in [-0.3, -0.25) is 9.59 Å². The Hall–Kier alpha value is -3.68. The number of rotatable bonds is 3. The summed E-state index contributed by atoms with van der Waals surface area (Å²) in [6.07, 6.45) is 0. The molecule has 1 aliphatic rings. The van der Waals surface area contributed by atoms with Crippen LogP contribution >= 0.6 is 0 Å². The zero-order valence-electron chi connectivity index (χ0n) is 12.8. The molecule has 0 bridgehead atoms. The molecular weight excluding hydrogens is 330 g/mol. The van der Waals surface area contributed by atoms with E-state index in [1.165, 1.54) is 18.2 Å². The molecule has 25 heavy (non-hydrogen) atoms. The van der Waals surface area contributed by atoms with Crippen LogP contribution in [0, 0.1) is 0 Å². The summed E-state index contributed by atoms with van der Waals surface area (Å²) in [5.74, 6) is -4.22. The number of carboxylic acids is 1. The number of benzene rings is 2. The Morgan fingerprint density at radius 1 is 1.00 bits per heavy atom. The normalized spacial score (nSPS) is 12.9. The lowest BCUT2D eigenvalue weighted by molar-refractivity contribution is -0.267. The SMILES string of the molecule is COC(=O)c1ccc([O-])c(N2C(=O)c3ccc(C(=O)O)cc3C2=O)c1. The first-order chi connectivity index (χ1) is 11.8. The average Bonchev–Trinajstić information content (AvgIpc) is 2.85. The van der Waals surface area contributed by atoms with Gasteiger partial charge in [-0.15, -0.1) is 0 Å². The van der Waals surface area contributed by atoms with Gasteiger partial charge in [0.05, 0.1) is 29.4 Å². The molecule has 1 N–H and O–H groups in total. The lowest BCUT2D eigenvalue weighted by atomic mass is 10.1. The van der Waals surface area contributed by atoms with Gasteiger partial charge < -0.3 is 14.9 Å². The second-order valence-corrected chi connectivity index (χ2v) is 5.19. The number of carboxylic acid groups (broad SMARTS) is 1. The molecule has 0 radical (unpaired) electrons. The van der Waals surface area contributed by atoms with Crippen LogP contribution in [-0.4, -0.2) is 36.0 Å². The number of esters is 1. The maximum absolute atomic E-state index is 12.5. The van der Waals surface area contributed by atoms with E-state index < -0.39 is 29.5 Å². The van der Waals surface area contributed by atoms with Crippen molar-refractivity contribution >= 4 is 29.4 Å². The first kappa shape index (κ1) is 16.2. The zero-order chi connectivity index (χ0) is 18.3. The number of aromatic carboxylic acids is 1. The number of anilines is 1. The molecule has 126 valence electrons. The Morgan fingerprint density at radius 3 is 2.28 bits per heavy atom. The van der Waals surface area contributed by atoms with Gasteiger partial charge in [0.15, 0.2) is 0 Å². The Bertz CT molecular complexity index is 948. The van der Waals surface area contributed by atoms with E-state index in [-0.39, 0.29) is 27.9 Å². The summed E-state index contributed by atoms with van der Waals surface area (Å²) < 4.78 is 4.56. The van der Waals surface area contributed by atoms with Crippen LogP contribution in [0.1, 0.15) is 41.4 Å². The first-order valence-corrected chi connectivity index (χ1v) is 7.00. The van der Waals surface area contributed by atoms with Crippen molar-refractivity contribution in [3.63, 3.8) is 0 Å². The van der Waals surface area contributed by atoms with E-state index >= 15 is 0 Å². The van der Waals surface area contributed by atoms with Crippen molar-refractivity contribution in [2.75, 3.05) is 12.0 Å². The molecule has 0 aliphatic carbocycles. The third-order valence-electron chi connectivity index (χ3n) is 3.75. The summed E-state index contributed by atoms with van der Waals surface area (Å²) in [5, 5.41) is 21.1. The maximum atomic E-state index is 12.5. The fourth-order valence-corrected chi connectivity index (χ4v) is 2.53. The Kier molecular flexibility index (Phi) is 3.72. The second-order valence-electron chi connectivity index (χ2n) is 5.19. The number of hydrogen-bond acceptors (Lipinski definition) is 6. The van der Waals surface area contributed by atoms with Gasteiger partial charge in [-0.2, -0.15) is 0 Å². The highest BCUT2D eigenvalue weighted by Gasteiger charge is 2.37. The molecule has 0 saturated carbocycles. The highest BCUT2D eigenvalue weighted by Crippen LogP contribution is 2.34. The number of carbonyl (C=O) groups is 4. The predicted octanol–water partition coefficient (Wildman–Crippen LogP) is 1.05. The number of hydrogen-bond donors (Lipinski definition) is 1. The summed E-state index contributed by atoms with van der Waals surface area (Å²) in [6.45, 7) is 0. The largest absolute Gasteiger partial charge is 0.871 e. The van der Waals surface area contributed by atoms with Gasteiger partial charge in [0, 0.05) is 5.69 Å². The smallest absolute Gasteiger partial charge is 0.337 e.